The summed E-state index contributed by atoms with van der Waals surface area (Å²) in [5, 5.41) is 13.7. The molecule has 1 aliphatic heterocycles. The van der Waals surface area contributed by atoms with E-state index in [2.05, 4.69) is 54.2 Å². The van der Waals surface area contributed by atoms with E-state index in [4.69, 9.17) is 9.97 Å². The van der Waals surface area contributed by atoms with Crippen molar-refractivity contribution >= 4 is 23.0 Å². The minimum absolute atomic E-state index is 0.278. The first kappa shape index (κ1) is 20.9. The molecule has 0 saturated carbocycles. The van der Waals surface area contributed by atoms with E-state index in [1.807, 2.05) is 6.07 Å². The van der Waals surface area contributed by atoms with Gasteiger partial charge in [-0.3, -0.25) is 4.90 Å². The van der Waals surface area contributed by atoms with Gasteiger partial charge in [-0.2, -0.15) is 0 Å². The second kappa shape index (κ2) is 9.20. The highest BCUT2D eigenvalue weighted by Crippen LogP contribution is 2.29. The van der Waals surface area contributed by atoms with Crippen LogP contribution in [0.15, 0.2) is 30.5 Å². The molecule has 1 aliphatic rings. The number of hydrogen-bond acceptors (Lipinski definition) is 7. The molecule has 0 radical (unpaired) electrons. The van der Waals surface area contributed by atoms with Gasteiger partial charge in [-0.05, 0) is 75.4 Å². The summed E-state index contributed by atoms with van der Waals surface area (Å²) in [5.74, 6) is 0.973. The lowest BCUT2D eigenvalue weighted by atomic mass is 9.99. The maximum absolute atomic E-state index is 9.49. The van der Waals surface area contributed by atoms with Gasteiger partial charge in [0, 0.05) is 36.5 Å². The summed E-state index contributed by atoms with van der Waals surface area (Å²) in [6, 6.07) is 8.24. The first-order valence-electron chi connectivity index (χ1n) is 10.5. The van der Waals surface area contributed by atoms with Gasteiger partial charge >= 0.3 is 0 Å². The van der Waals surface area contributed by atoms with Crippen molar-refractivity contribution in [3.05, 3.63) is 52.2 Å². The Morgan fingerprint density at radius 2 is 1.97 bits per heavy atom. The quantitative estimate of drug-likeness (QED) is 0.609. The number of nitrogens with one attached hydrogen (secondary N) is 1. The van der Waals surface area contributed by atoms with E-state index < -0.39 is 0 Å². The van der Waals surface area contributed by atoms with Crippen LogP contribution in [0.4, 0.5) is 11.6 Å². The number of anilines is 2. The van der Waals surface area contributed by atoms with Crippen LogP contribution in [-0.2, 0) is 6.54 Å². The molecule has 1 saturated heterocycles. The summed E-state index contributed by atoms with van der Waals surface area (Å²) in [6.07, 6.45) is 4.05. The number of aliphatic hydroxyl groups is 1. The topological polar surface area (TPSA) is 74.2 Å². The highest BCUT2D eigenvalue weighted by molar-refractivity contribution is 7.15. The summed E-state index contributed by atoms with van der Waals surface area (Å²) in [6.45, 7) is 9.44. The van der Waals surface area contributed by atoms with Gasteiger partial charge in [0.2, 0.25) is 5.95 Å². The second-order valence-corrected chi connectivity index (χ2v) is 9.30. The smallest absolute Gasteiger partial charge is 0.227 e. The van der Waals surface area contributed by atoms with E-state index in [0.717, 1.165) is 54.6 Å². The third kappa shape index (κ3) is 5.03. The molecule has 0 amide bonds. The summed E-state index contributed by atoms with van der Waals surface area (Å²) >= 11 is 1.70. The Morgan fingerprint density at radius 1 is 1.17 bits per heavy atom. The molecule has 0 spiro atoms. The summed E-state index contributed by atoms with van der Waals surface area (Å²) < 4.78 is 0. The molecular formula is C23H29N5OS. The molecule has 158 valence electrons. The van der Waals surface area contributed by atoms with Gasteiger partial charge in [-0.25, -0.2) is 15.0 Å². The van der Waals surface area contributed by atoms with Gasteiger partial charge in [-0.1, -0.05) is 6.07 Å². The fourth-order valence-electron chi connectivity index (χ4n) is 4.05. The Morgan fingerprint density at radius 3 is 2.73 bits per heavy atom. The predicted octanol–water partition coefficient (Wildman–Crippen LogP) is 4.47. The standard InChI is InChI=1S/C23H29N5OS/c1-15-9-16(2)11-19(10-15)26-23-24-7-6-20(27-23)22-25-17(3)21(30-22)13-28-8-4-5-18(12-28)14-29/h6-7,9-11,18,29H,4-5,8,12-14H2,1-3H3,(H,24,26,27). The molecule has 0 aliphatic carbocycles. The number of benzene rings is 1. The molecular weight excluding hydrogens is 394 g/mol. The minimum atomic E-state index is 0.278. The van der Waals surface area contributed by atoms with E-state index in [1.54, 1.807) is 17.5 Å². The van der Waals surface area contributed by atoms with Crippen molar-refractivity contribution in [3.8, 4) is 10.7 Å². The number of piperidine rings is 1. The van der Waals surface area contributed by atoms with Crippen molar-refractivity contribution in [3.63, 3.8) is 0 Å². The van der Waals surface area contributed by atoms with Crippen LogP contribution in [0.1, 0.15) is 34.5 Å². The number of nitrogens with zero attached hydrogens (tertiary/aromatic N) is 4. The summed E-state index contributed by atoms with van der Waals surface area (Å²) in [7, 11) is 0. The van der Waals surface area contributed by atoms with Gasteiger partial charge in [0.25, 0.3) is 0 Å². The van der Waals surface area contributed by atoms with Crippen LogP contribution >= 0.6 is 11.3 Å². The zero-order valence-corrected chi connectivity index (χ0v) is 18.7. The van der Waals surface area contributed by atoms with Crippen LogP contribution in [0.3, 0.4) is 0 Å². The third-order valence-electron chi connectivity index (χ3n) is 5.47. The van der Waals surface area contributed by atoms with Crippen molar-refractivity contribution in [2.45, 2.75) is 40.2 Å². The monoisotopic (exact) mass is 423 g/mol. The molecule has 1 unspecified atom stereocenters. The molecule has 3 heterocycles. The van der Waals surface area contributed by atoms with Gasteiger partial charge in [0.05, 0.1) is 5.69 Å². The van der Waals surface area contributed by atoms with Gasteiger partial charge in [-0.15, -0.1) is 11.3 Å². The Balaban J connectivity index is 1.50. The van der Waals surface area contributed by atoms with E-state index >= 15 is 0 Å². The first-order chi connectivity index (χ1) is 14.5. The van der Waals surface area contributed by atoms with Crippen molar-refractivity contribution in [1.29, 1.82) is 0 Å². The predicted molar refractivity (Wildman–Crippen MR) is 122 cm³/mol. The van der Waals surface area contributed by atoms with Crippen LogP contribution in [0.5, 0.6) is 0 Å². The molecule has 1 aromatic carbocycles. The van der Waals surface area contributed by atoms with Crippen LogP contribution in [0.2, 0.25) is 0 Å². The zero-order chi connectivity index (χ0) is 21.1. The van der Waals surface area contributed by atoms with E-state index in [-0.39, 0.29) is 6.61 Å². The van der Waals surface area contributed by atoms with E-state index in [1.165, 1.54) is 16.0 Å². The Hall–Kier alpha value is -2.35. The summed E-state index contributed by atoms with van der Waals surface area (Å²) in [5.41, 5.74) is 5.29. The number of aryl methyl sites for hydroxylation is 3. The van der Waals surface area contributed by atoms with Gasteiger partial charge in [0.15, 0.2) is 0 Å². The SMILES string of the molecule is Cc1cc(C)cc(Nc2nccc(-c3nc(C)c(CN4CCCC(CO)C4)s3)n2)c1. The van der Waals surface area contributed by atoms with Crippen LogP contribution in [-0.4, -0.2) is 44.7 Å². The highest BCUT2D eigenvalue weighted by Gasteiger charge is 2.21. The fraction of sp³-hybridized carbons (Fsp3) is 0.435. The normalized spacial score (nSPS) is 17.3. The van der Waals surface area contributed by atoms with Crippen molar-refractivity contribution in [1.82, 2.24) is 19.9 Å². The number of rotatable bonds is 6. The van der Waals surface area contributed by atoms with Crippen LogP contribution in [0.25, 0.3) is 10.7 Å². The van der Waals surface area contributed by atoms with E-state index in [0.29, 0.717) is 11.9 Å². The average Bonchev–Trinajstić information content (AvgIpc) is 3.08. The molecule has 4 rings (SSSR count). The molecule has 1 fully saturated rings. The zero-order valence-electron chi connectivity index (χ0n) is 17.9. The Kier molecular flexibility index (Phi) is 6.41. The van der Waals surface area contributed by atoms with Crippen molar-refractivity contribution in [2.75, 3.05) is 25.0 Å². The Bertz CT molecular complexity index is 998. The molecule has 2 N–H and O–H groups in total. The van der Waals surface area contributed by atoms with Crippen molar-refractivity contribution < 1.29 is 5.11 Å². The lowest BCUT2D eigenvalue weighted by molar-refractivity contribution is 0.116. The number of hydrogen-bond donors (Lipinski definition) is 2. The third-order valence-corrected chi connectivity index (χ3v) is 6.64. The first-order valence-corrected chi connectivity index (χ1v) is 11.3. The van der Waals surface area contributed by atoms with Gasteiger partial charge in [0.1, 0.15) is 10.7 Å². The largest absolute Gasteiger partial charge is 0.396 e. The number of thiazole rings is 1. The minimum Gasteiger partial charge on any atom is -0.396 e. The van der Waals surface area contributed by atoms with E-state index in [9.17, 15) is 5.11 Å². The Labute approximate surface area is 182 Å². The molecule has 30 heavy (non-hydrogen) atoms. The van der Waals surface area contributed by atoms with Gasteiger partial charge < -0.3 is 10.4 Å². The molecule has 0 bridgehead atoms. The maximum Gasteiger partial charge on any atom is 0.227 e. The molecule has 7 heteroatoms. The molecule has 6 nitrogen and oxygen atoms in total. The average molecular weight is 424 g/mol. The number of aromatic nitrogens is 3. The number of likely N-dealkylation sites (tertiary alicyclic amines) is 1. The lowest BCUT2D eigenvalue weighted by Crippen LogP contribution is -2.36. The maximum atomic E-state index is 9.49. The molecule has 3 aromatic rings. The highest BCUT2D eigenvalue weighted by atomic mass is 32.1. The van der Waals surface area contributed by atoms with Crippen molar-refractivity contribution in [2.24, 2.45) is 5.92 Å². The van der Waals surface area contributed by atoms with Crippen LogP contribution < -0.4 is 5.32 Å². The van der Waals surface area contributed by atoms with Crippen LogP contribution in [0, 0.1) is 26.7 Å². The molecule has 1 atom stereocenters. The fourth-order valence-corrected chi connectivity index (χ4v) is 5.12. The number of aliphatic hydroxyl groups excluding tert-OH is 1. The lowest BCUT2D eigenvalue weighted by Gasteiger charge is -2.31. The second-order valence-electron chi connectivity index (χ2n) is 8.22. The molecule has 2 aromatic heterocycles. The summed E-state index contributed by atoms with van der Waals surface area (Å²) in [4.78, 5) is 17.6.